The summed E-state index contributed by atoms with van der Waals surface area (Å²) in [7, 11) is 1.56. The van der Waals surface area contributed by atoms with E-state index in [1.807, 2.05) is 41.5 Å². The van der Waals surface area contributed by atoms with Gasteiger partial charge in [-0.05, 0) is 68.6 Å². The zero-order valence-corrected chi connectivity index (χ0v) is 33.7. The van der Waals surface area contributed by atoms with Gasteiger partial charge in [-0.15, -0.1) is 11.8 Å². The Morgan fingerprint density at radius 2 is 1.62 bits per heavy atom. The summed E-state index contributed by atoms with van der Waals surface area (Å²) in [5.74, 6) is -1.08. The van der Waals surface area contributed by atoms with E-state index in [0.717, 1.165) is 21.9 Å². The van der Waals surface area contributed by atoms with Crippen LogP contribution in [0.25, 0.3) is 0 Å². The van der Waals surface area contributed by atoms with Crippen molar-refractivity contribution in [2.75, 3.05) is 19.4 Å². The molecule has 2 aliphatic heterocycles. The summed E-state index contributed by atoms with van der Waals surface area (Å²) in [6.45, 7) is 14.9. The van der Waals surface area contributed by atoms with E-state index < -0.39 is 59.6 Å². The minimum Gasteiger partial charge on any atom is -0.497 e. The van der Waals surface area contributed by atoms with E-state index in [2.05, 4.69) is 16.0 Å². The summed E-state index contributed by atoms with van der Waals surface area (Å²) in [4.78, 5) is 73.5. The molecule has 2 heterocycles. The number of aliphatic hydroxyl groups is 1. The number of methoxy groups -OCH3 is 1. The number of unbranched alkanes of at least 4 members (excludes halogenated alkanes) is 1. The molecule has 296 valence electrons. The number of benzene rings is 1. The van der Waals surface area contributed by atoms with Gasteiger partial charge < -0.3 is 30.5 Å². The van der Waals surface area contributed by atoms with E-state index in [0.29, 0.717) is 37.2 Å². The van der Waals surface area contributed by atoms with Crippen molar-refractivity contribution in [1.82, 2.24) is 20.9 Å². The van der Waals surface area contributed by atoms with Crippen LogP contribution in [0.3, 0.4) is 0 Å². The third kappa shape index (κ3) is 13.3. The Bertz CT molecular complexity index is 1450. The number of nitrogens with zero attached hydrogens (tertiary/aromatic N) is 2. The van der Waals surface area contributed by atoms with Gasteiger partial charge in [0, 0.05) is 31.1 Å². The summed E-state index contributed by atoms with van der Waals surface area (Å²) in [6.07, 6.45) is 0.905. The molecular weight excluding hydrogens is 699 g/mol. The van der Waals surface area contributed by atoms with Crippen molar-refractivity contribution in [2.45, 2.75) is 137 Å². The third-order valence-corrected chi connectivity index (χ3v) is 11.2. The molecule has 1 aromatic rings. The van der Waals surface area contributed by atoms with E-state index in [-0.39, 0.29) is 43.2 Å². The topological polar surface area (TPSA) is 176 Å². The number of hydrogen-bond acceptors (Lipinski definition) is 10. The minimum absolute atomic E-state index is 0.0259. The van der Waals surface area contributed by atoms with Crippen LogP contribution >= 0.6 is 11.8 Å². The number of rotatable bonds is 6. The molecule has 14 heteroatoms. The summed E-state index contributed by atoms with van der Waals surface area (Å²) < 4.78 is 11.3. The number of thioether (sulfide) groups is 1. The van der Waals surface area contributed by atoms with E-state index in [9.17, 15) is 29.1 Å². The first-order valence-corrected chi connectivity index (χ1v) is 19.9. The average Bonchev–Trinajstić information content (AvgIpc) is 3.58. The summed E-state index contributed by atoms with van der Waals surface area (Å²) >= 11 is 1.58. The van der Waals surface area contributed by atoms with Gasteiger partial charge in [0.15, 0.2) is 0 Å². The van der Waals surface area contributed by atoms with Crippen LogP contribution < -0.4 is 20.7 Å². The summed E-state index contributed by atoms with van der Waals surface area (Å²) in [5, 5.41) is 20.3. The fourth-order valence-corrected chi connectivity index (χ4v) is 7.48. The number of aliphatic hydroxyl groups excluding tert-OH is 1. The van der Waals surface area contributed by atoms with E-state index in [1.165, 1.54) is 13.8 Å². The molecule has 53 heavy (non-hydrogen) atoms. The number of carbonyl (C=O) groups is 5. The maximum absolute atomic E-state index is 13.7. The van der Waals surface area contributed by atoms with E-state index >= 15 is 0 Å². The predicted molar refractivity (Wildman–Crippen MR) is 207 cm³/mol. The highest BCUT2D eigenvalue weighted by Gasteiger charge is 2.36. The van der Waals surface area contributed by atoms with Crippen molar-refractivity contribution in [3.05, 3.63) is 29.8 Å². The Balaban J connectivity index is 1.92. The Kier molecular flexibility index (Phi) is 16.6. The third-order valence-electron chi connectivity index (χ3n) is 9.83. The molecule has 0 aromatic heterocycles. The number of ether oxygens (including phenoxy) is 2. The van der Waals surface area contributed by atoms with Crippen LogP contribution in [0.15, 0.2) is 29.3 Å². The second-order valence-electron chi connectivity index (χ2n) is 15.6. The zero-order chi connectivity index (χ0) is 39.5. The maximum Gasteiger partial charge on any atom is 0.416 e. The first-order chi connectivity index (χ1) is 24.9. The fraction of sp³-hybridized carbons (Fsp3) is 0.692. The predicted octanol–water partition coefficient (Wildman–Crippen LogP) is 4.63. The Labute approximate surface area is 319 Å². The number of imide groups is 1. The van der Waals surface area contributed by atoms with Crippen LogP contribution in [-0.4, -0.2) is 101 Å². The molecule has 0 saturated carbocycles. The van der Waals surface area contributed by atoms with Gasteiger partial charge in [0.05, 0.1) is 24.3 Å². The number of carbonyl (C=O) groups excluding carboxylic acids is 5. The SMILES string of the molecule is CCCCN1C(=O)O[C@H](C(C)(C)C)C[C@@H](C)C[C@H](O)[C@H](C)C2=N[C@H](CCC(=O)N[C@@H](Cc3ccc(OC)cc3)C(=O)N[C@@H](C)C(=O)N[C@@H](C)C1=O)CS2. The van der Waals surface area contributed by atoms with Gasteiger partial charge in [-0.25, -0.2) is 9.69 Å². The highest BCUT2D eigenvalue weighted by Crippen LogP contribution is 2.33. The lowest BCUT2D eigenvalue weighted by Gasteiger charge is -2.35. The molecule has 4 N–H and O–H groups in total. The first kappa shape index (κ1) is 43.8. The number of aliphatic imine (C=N–C) groups is 1. The van der Waals surface area contributed by atoms with Crippen LogP contribution in [0.4, 0.5) is 4.79 Å². The van der Waals surface area contributed by atoms with Crippen molar-refractivity contribution in [2.24, 2.45) is 22.2 Å². The molecule has 13 nitrogen and oxygen atoms in total. The van der Waals surface area contributed by atoms with Gasteiger partial charge in [0.1, 0.15) is 30.0 Å². The minimum atomic E-state index is -1.11. The number of cyclic esters (lactones) is 1. The Morgan fingerprint density at radius 3 is 2.25 bits per heavy atom. The molecule has 0 unspecified atom stereocenters. The van der Waals surface area contributed by atoms with Crippen molar-refractivity contribution in [3.8, 4) is 5.75 Å². The van der Waals surface area contributed by atoms with Gasteiger partial charge in [0.25, 0.3) is 5.91 Å². The van der Waals surface area contributed by atoms with Gasteiger partial charge in [0.2, 0.25) is 17.7 Å². The van der Waals surface area contributed by atoms with Crippen LogP contribution in [-0.2, 0) is 30.3 Å². The molecule has 2 aliphatic rings. The molecule has 1 aromatic carbocycles. The molecule has 0 fully saturated rings. The largest absolute Gasteiger partial charge is 0.497 e. The highest BCUT2D eigenvalue weighted by molar-refractivity contribution is 8.14. The van der Waals surface area contributed by atoms with E-state index in [4.69, 9.17) is 14.5 Å². The molecule has 5 amide bonds. The fourth-order valence-electron chi connectivity index (χ4n) is 6.23. The van der Waals surface area contributed by atoms with Crippen LogP contribution in [0.1, 0.15) is 99.5 Å². The zero-order valence-electron chi connectivity index (χ0n) is 32.9. The normalized spacial score (nSPS) is 29.3. The van der Waals surface area contributed by atoms with Gasteiger partial charge in [-0.1, -0.05) is 60.1 Å². The molecule has 0 spiro atoms. The van der Waals surface area contributed by atoms with Crippen molar-refractivity contribution < 1.29 is 38.6 Å². The Hall–Kier alpha value is -3.65. The summed E-state index contributed by atoms with van der Waals surface area (Å²) in [5.41, 5.74) is 0.306. The first-order valence-electron chi connectivity index (χ1n) is 18.9. The van der Waals surface area contributed by atoms with Gasteiger partial charge in [-0.2, -0.15) is 0 Å². The average molecular weight is 760 g/mol. The lowest BCUT2D eigenvalue weighted by Crippen LogP contribution is -2.56. The van der Waals surface area contributed by atoms with E-state index in [1.54, 1.807) is 43.1 Å². The van der Waals surface area contributed by atoms with Crippen LogP contribution in [0, 0.1) is 17.3 Å². The standard InChI is InChI=1S/C39H61N5O8S/c1-10-11-18-44-37(49)26(5)41-34(47)25(4)40-35(48)30(21-27-12-15-29(51-9)16-13-27)43-33(46)17-14-28-22-53-36(42-28)24(3)31(45)19-23(2)20-32(39(6,7)8)52-38(44)50/h12-13,15-16,23-26,28,30-32,45H,10-11,14,17-22H2,1-9H3,(H,40,48)(H,41,47)(H,43,46)/t23-,24-,25-,26-,28+,30-,31-,32-/m0/s1. The number of amides is 5. The van der Waals surface area contributed by atoms with Gasteiger partial charge >= 0.3 is 6.09 Å². The van der Waals surface area contributed by atoms with Gasteiger partial charge in [-0.3, -0.25) is 24.2 Å². The highest BCUT2D eigenvalue weighted by atomic mass is 32.2. The molecule has 2 bridgehead atoms. The number of hydrogen-bond donors (Lipinski definition) is 4. The second kappa shape index (κ2) is 20.1. The molecule has 0 radical (unpaired) electrons. The van der Waals surface area contributed by atoms with Crippen molar-refractivity contribution >= 4 is 46.5 Å². The number of fused-ring (bicyclic) bond motifs is 1. The molecule has 8 atom stereocenters. The van der Waals surface area contributed by atoms with Crippen molar-refractivity contribution in [1.29, 1.82) is 0 Å². The molecular formula is C39H61N5O8S. The molecule has 3 rings (SSSR count). The maximum atomic E-state index is 13.7. The lowest BCUT2D eigenvalue weighted by atomic mass is 9.81. The summed E-state index contributed by atoms with van der Waals surface area (Å²) in [6, 6.07) is 3.84. The lowest BCUT2D eigenvalue weighted by molar-refractivity contribution is -0.136. The molecule has 0 aliphatic carbocycles. The smallest absolute Gasteiger partial charge is 0.416 e. The molecule has 0 saturated heterocycles. The monoisotopic (exact) mass is 759 g/mol. The Morgan fingerprint density at radius 1 is 0.962 bits per heavy atom. The van der Waals surface area contributed by atoms with Crippen LogP contribution in [0.5, 0.6) is 5.75 Å². The quantitative estimate of drug-likeness (QED) is 0.322. The second-order valence-corrected chi connectivity index (χ2v) is 16.7. The number of nitrogens with one attached hydrogen (secondary N) is 3. The van der Waals surface area contributed by atoms with Crippen LogP contribution in [0.2, 0.25) is 0 Å². The van der Waals surface area contributed by atoms with Crippen molar-refractivity contribution in [3.63, 3.8) is 0 Å².